The SMILES string of the molecule is CC(=O)N1CCCN(C(=O)[C@H](C)Oc2cccc(C(C)(C)C)c2)CC1. The zero-order valence-corrected chi connectivity index (χ0v) is 16.0. The maximum absolute atomic E-state index is 12.7. The van der Waals surface area contributed by atoms with E-state index < -0.39 is 6.10 Å². The molecular formula is C20H30N2O3. The molecule has 0 saturated carbocycles. The largest absolute Gasteiger partial charge is 0.481 e. The first-order valence-corrected chi connectivity index (χ1v) is 9.00. The van der Waals surface area contributed by atoms with Crippen molar-refractivity contribution in [2.24, 2.45) is 0 Å². The number of ether oxygens (including phenoxy) is 1. The molecule has 0 unspecified atom stereocenters. The van der Waals surface area contributed by atoms with Crippen LogP contribution in [0.3, 0.4) is 0 Å². The van der Waals surface area contributed by atoms with Crippen LogP contribution in [0, 0.1) is 0 Å². The quantitative estimate of drug-likeness (QED) is 0.846. The molecule has 1 aromatic rings. The lowest BCUT2D eigenvalue weighted by Crippen LogP contribution is -2.42. The van der Waals surface area contributed by atoms with Crippen molar-refractivity contribution in [2.75, 3.05) is 26.2 Å². The molecule has 138 valence electrons. The summed E-state index contributed by atoms with van der Waals surface area (Å²) in [6, 6.07) is 7.93. The number of nitrogens with zero attached hydrogens (tertiary/aromatic N) is 2. The molecule has 1 aliphatic heterocycles. The van der Waals surface area contributed by atoms with Gasteiger partial charge in [-0.1, -0.05) is 32.9 Å². The van der Waals surface area contributed by atoms with Gasteiger partial charge in [0.25, 0.3) is 5.91 Å². The summed E-state index contributed by atoms with van der Waals surface area (Å²) < 4.78 is 5.91. The van der Waals surface area contributed by atoms with E-state index in [0.29, 0.717) is 31.9 Å². The van der Waals surface area contributed by atoms with Crippen molar-refractivity contribution in [2.45, 2.75) is 52.6 Å². The topological polar surface area (TPSA) is 49.9 Å². The van der Waals surface area contributed by atoms with Crippen molar-refractivity contribution in [3.8, 4) is 5.75 Å². The minimum atomic E-state index is -0.543. The van der Waals surface area contributed by atoms with E-state index >= 15 is 0 Å². The van der Waals surface area contributed by atoms with Crippen LogP contribution in [-0.2, 0) is 15.0 Å². The Labute approximate surface area is 150 Å². The molecule has 2 rings (SSSR count). The number of benzene rings is 1. The van der Waals surface area contributed by atoms with Gasteiger partial charge in [0.15, 0.2) is 6.10 Å². The highest BCUT2D eigenvalue weighted by atomic mass is 16.5. The minimum absolute atomic E-state index is 0.0217. The Morgan fingerprint density at radius 1 is 1.08 bits per heavy atom. The van der Waals surface area contributed by atoms with Gasteiger partial charge in [-0.3, -0.25) is 9.59 Å². The Morgan fingerprint density at radius 2 is 1.72 bits per heavy atom. The average molecular weight is 346 g/mol. The summed E-state index contributed by atoms with van der Waals surface area (Å²) in [5, 5.41) is 0. The van der Waals surface area contributed by atoms with Gasteiger partial charge in [-0.2, -0.15) is 0 Å². The summed E-state index contributed by atoms with van der Waals surface area (Å²) >= 11 is 0. The molecule has 0 spiro atoms. The normalized spacial score (nSPS) is 17.0. The molecule has 2 amide bonds. The van der Waals surface area contributed by atoms with Crippen molar-refractivity contribution >= 4 is 11.8 Å². The summed E-state index contributed by atoms with van der Waals surface area (Å²) in [5.41, 5.74) is 1.21. The summed E-state index contributed by atoms with van der Waals surface area (Å²) in [5.74, 6) is 0.762. The summed E-state index contributed by atoms with van der Waals surface area (Å²) in [6.45, 7) is 12.4. The van der Waals surface area contributed by atoms with Gasteiger partial charge in [0.05, 0.1) is 0 Å². The van der Waals surface area contributed by atoms with Crippen LogP contribution >= 0.6 is 0 Å². The number of amides is 2. The fourth-order valence-electron chi connectivity index (χ4n) is 3.00. The molecule has 0 N–H and O–H groups in total. The lowest BCUT2D eigenvalue weighted by atomic mass is 9.87. The van der Waals surface area contributed by atoms with E-state index in [-0.39, 0.29) is 17.2 Å². The monoisotopic (exact) mass is 346 g/mol. The zero-order chi connectivity index (χ0) is 18.6. The predicted molar refractivity (Wildman–Crippen MR) is 98.7 cm³/mol. The fourth-order valence-corrected chi connectivity index (χ4v) is 3.00. The van der Waals surface area contributed by atoms with Crippen LogP contribution < -0.4 is 4.74 Å². The number of hydrogen-bond acceptors (Lipinski definition) is 3. The highest BCUT2D eigenvalue weighted by molar-refractivity contribution is 5.81. The molecule has 1 saturated heterocycles. The van der Waals surface area contributed by atoms with E-state index in [1.807, 2.05) is 18.2 Å². The maximum Gasteiger partial charge on any atom is 0.263 e. The third-order valence-electron chi connectivity index (χ3n) is 4.61. The summed E-state index contributed by atoms with van der Waals surface area (Å²) in [4.78, 5) is 27.8. The predicted octanol–water partition coefficient (Wildman–Crippen LogP) is 2.83. The van der Waals surface area contributed by atoms with Crippen molar-refractivity contribution in [3.63, 3.8) is 0 Å². The molecule has 5 nitrogen and oxygen atoms in total. The number of carbonyl (C=O) groups is 2. The second-order valence-corrected chi connectivity index (χ2v) is 7.72. The molecule has 1 heterocycles. The lowest BCUT2D eigenvalue weighted by molar-refractivity contribution is -0.138. The molecule has 0 aliphatic carbocycles. The Hall–Kier alpha value is -2.04. The number of hydrogen-bond donors (Lipinski definition) is 0. The van der Waals surface area contributed by atoms with Crippen LogP contribution in [0.1, 0.15) is 46.6 Å². The van der Waals surface area contributed by atoms with Gasteiger partial charge in [0.2, 0.25) is 5.91 Å². The molecule has 1 aromatic carbocycles. The van der Waals surface area contributed by atoms with E-state index in [2.05, 4.69) is 26.8 Å². The summed E-state index contributed by atoms with van der Waals surface area (Å²) in [6.07, 6.45) is 0.261. The first-order valence-electron chi connectivity index (χ1n) is 9.00. The molecule has 1 atom stereocenters. The molecular weight excluding hydrogens is 316 g/mol. The van der Waals surface area contributed by atoms with Crippen LogP contribution in [0.2, 0.25) is 0 Å². The standard InChI is InChI=1S/C20H30N2O3/c1-15(25-18-9-6-8-17(14-18)20(3,4)5)19(24)22-11-7-10-21(12-13-22)16(2)23/h6,8-9,14-15H,7,10-13H2,1-5H3/t15-/m0/s1. The van der Waals surface area contributed by atoms with Gasteiger partial charge >= 0.3 is 0 Å². The smallest absolute Gasteiger partial charge is 0.263 e. The van der Waals surface area contributed by atoms with Crippen molar-refractivity contribution in [1.82, 2.24) is 9.80 Å². The second-order valence-electron chi connectivity index (χ2n) is 7.72. The van der Waals surface area contributed by atoms with Gasteiger partial charge in [-0.15, -0.1) is 0 Å². The van der Waals surface area contributed by atoms with Crippen LogP contribution in [0.4, 0.5) is 0 Å². The van der Waals surface area contributed by atoms with E-state index in [1.165, 1.54) is 5.56 Å². The zero-order valence-electron chi connectivity index (χ0n) is 16.0. The Bertz CT molecular complexity index is 622. The van der Waals surface area contributed by atoms with Gasteiger partial charge in [-0.25, -0.2) is 0 Å². The van der Waals surface area contributed by atoms with Crippen LogP contribution in [-0.4, -0.2) is 53.9 Å². The van der Waals surface area contributed by atoms with Crippen molar-refractivity contribution in [3.05, 3.63) is 29.8 Å². The first kappa shape index (κ1) is 19.3. The Morgan fingerprint density at radius 3 is 2.36 bits per heavy atom. The number of carbonyl (C=O) groups excluding carboxylic acids is 2. The highest BCUT2D eigenvalue weighted by Gasteiger charge is 2.25. The third-order valence-corrected chi connectivity index (χ3v) is 4.61. The third kappa shape index (κ3) is 5.21. The van der Waals surface area contributed by atoms with E-state index in [9.17, 15) is 9.59 Å². The lowest BCUT2D eigenvalue weighted by Gasteiger charge is -2.25. The Balaban J connectivity index is 1.99. The van der Waals surface area contributed by atoms with Crippen LogP contribution in [0.25, 0.3) is 0 Å². The second kappa shape index (κ2) is 7.89. The van der Waals surface area contributed by atoms with Gasteiger partial charge in [0.1, 0.15) is 5.75 Å². The van der Waals surface area contributed by atoms with E-state index in [1.54, 1.807) is 23.6 Å². The first-order chi connectivity index (χ1) is 11.7. The molecule has 0 radical (unpaired) electrons. The molecule has 1 fully saturated rings. The molecule has 0 aromatic heterocycles. The van der Waals surface area contributed by atoms with Gasteiger partial charge < -0.3 is 14.5 Å². The van der Waals surface area contributed by atoms with Gasteiger partial charge in [-0.05, 0) is 36.5 Å². The van der Waals surface area contributed by atoms with Crippen LogP contribution in [0.15, 0.2) is 24.3 Å². The minimum Gasteiger partial charge on any atom is -0.481 e. The average Bonchev–Trinajstić information content (AvgIpc) is 2.79. The molecule has 25 heavy (non-hydrogen) atoms. The van der Waals surface area contributed by atoms with E-state index in [0.717, 1.165) is 6.42 Å². The molecule has 1 aliphatic rings. The highest BCUT2D eigenvalue weighted by Crippen LogP contribution is 2.26. The fraction of sp³-hybridized carbons (Fsp3) is 0.600. The molecule has 0 bridgehead atoms. The van der Waals surface area contributed by atoms with E-state index in [4.69, 9.17) is 4.74 Å². The van der Waals surface area contributed by atoms with Crippen molar-refractivity contribution < 1.29 is 14.3 Å². The maximum atomic E-state index is 12.7. The van der Waals surface area contributed by atoms with Crippen molar-refractivity contribution in [1.29, 1.82) is 0 Å². The molecule has 5 heteroatoms. The summed E-state index contributed by atoms with van der Waals surface area (Å²) in [7, 11) is 0. The number of rotatable bonds is 3. The Kier molecular flexibility index (Phi) is 6.09. The van der Waals surface area contributed by atoms with Gasteiger partial charge in [0, 0.05) is 33.1 Å². The van der Waals surface area contributed by atoms with Crippen LogP contribution in [0.5, 0.6) is 5.75 Å².